The molecule has 3 aromatic rings. The van der Waals surface area contributed by atoms with Crippen molar-refractivity contribution in [2.24, 2.45) is 0 Å². The predicted octanol–water partition coefficient (Wildman–Crippen LogP) is 2.54. The van der Waals surface area contributed by atoms with Crippen molar-refractivity contribution in [2.75, 3.05) is 5.73 Å². The number of hydrogen-bond acceptors (Lipinski definition) is 6. The molecule has 0 aliphatic rings. The molecule has 7 heteroatoms. The summed E-state index contributed by atoms with van der Waals surface area (Å²) < 4.78 is 2.12. The van der Waals surface area contributed by atoms with Crippen molar-refractivity contribution in [3.8, 4) is 11.4 Å². The van der Waals surface area contributed by atoms with Crippen molar-refractivity contribution in [3.63, 3.8) is 0 Å². The third kappa shape index (κ3) is 2.38. The second-order valence-corrected chi connectivity index (χ2v) is 5.24. The second-order valence-electron chi connectivity index (χ2n) is 5.24. The summed E-state index contributed by atoms with van der Waals surface area (Å²) in [5.41, 5.74) is 8.54. The van der Waals surface area contributed by atoms with Gasteiger partial charge < -0.3 is 10.3 Å². The Labute approximate surface area is 128 Å². The van der Waals surface area contributed by atoms with Crippen molar-refractivity contribution >= 4 is 17.0 Å². The monoisotopic (exact) mass is 297 g/mol. The first-order valence-electron chi connectivity index (χ1n) is 7.43. The van der Waals surface area contributed by atoms with Crippen LogP contribution >= 0.6 is 0 Å². The van der Waals surface area contributed by atoms with Crippen molar-refractivity contribution in [3.05, 3.63) is 24.5 Å². The fourth-order valence-electron chi connectivity index (χ4n) is 2.61. The van der Waals surface area contributed by atoms with E-state index in [1.807, 2.05) is 13.3 Å². The van der Waals surface area contributed by atoms with Crippen LogP contribution in [0.2, 0.25) is 0 Å². The SMILES string of the molecule is CCC(CC)n1cnc2c(-c3cnc(N)cn3)nc(C)nc21. The first-order valence-corrected chi connectivity index (χ1v) is 7.43. The fourth-order valence-corrected chi connectivity index (χ4v) is 2.61. The highest BCUT2D eigenvalue weighted by Gasteiger charge is 2.17. The molecule has 7 nitrogen and oxygen atoms in total. The fraction of sp³-hybridized carbons (Fsp3) is 0.400. The van der Waals surface area contributed by atoms with Crippen LogP contribution < -0.4 is 5.73 Å². The maximum atomic E-state index is 5.60. The summed E-state index contributed by atoms with van der Waals surface area (Å²) >= 11 is 0. The van der Waals surface area contributed by atoms with Gasteiger partial charge in [0.25, 0.3) is 0 Å². The maximum Gasteiger partial charge on any atom is 0.164 e. The molecule has 0 aromatic carbocycles. The molecule has 0 unspecified atom stereocenters. The normalized spacial score (nSPS) is 11.5. The number of nitrogens with zero attached hydrogens (tertiary/aromatic N) is 6. The number of aromatic nitrogens is 6. The van der Waals surface area contributed by atoms with Crippen LogP contribution in [0.25, 0.3) is 22.6 Å². The topological polar surface area (TPSA) is 95.4 Å². The lowest BCUT2D eigenvalue weighted by molar-refractivity contribution is 0.480. The zero-order chi connectivity index (χ0) is 15.7. The average molecular weight is 297 g/mol. The lowest BCUT2D eigenvalue weighted by Gasteiger charge is -2.14. The minimum atomic E-state index is 0.379. The lowest BCUT2D eigenvalue weighted by Crippen LogP contribution is -2.07. The minimum absolute atomic E-state index is 0.379. The van der Waals surface area contributed by atoms with Gasteiger partial charge >= 0.3 is 0 Å². The van der Waals surface area contributed by atoms with Crippen LogP contribution in [0.4, 0.5) is 5.82 Å². The molecule has 3 rings (SSSR count). The zero-order valence-electron chi connectivity index (χ0n) is 13.0. The molecule has 0 bridgehead atoms. The molecule has 0 aliphatic carbocycles. The van der Waals surface area contributed by atoms with E-state index >= 15 is 0 Å². The molecule has 0 spiro atoms. The van der Waals surface area contributed by atoms with E-state index in [2.05, 4.69) is 43.3 Å². The smallest absolute Gasteiger partial charge is 0.164 e. The van der Waals surface area contributed by atoms with Crippen molar-refractivity contribution in [2.45, 2.75) is 39.7 Å². The second kappa shape index (κ2) is 5.67. The molecule has 3 heterocycles. The summed E-state index contributed by atoms with van der Waals surface area (Å²) in [4.78, 5) is 22.0. The van der Waals surface area contributed by atoms with Gasteiger partial charge in [-0.1, -0.05) is 13.8 Å². The van der Waals surface area contributed by atoms with Gasteiger partial charge in [-0.25, -0.2) is 24.9 Å². The van der Waals surface area contributed by atoms with E-state index in [1.165, 1.54) is 6.20 Å². The minimum Gasteiger partial charge on any atom is -0.382 e. The van der Waals surface area contributed by atoms with E-state index in [1.54, 1.807) is 6.20 Å². The van der Waals surface area contributed by atoms with Crippen molar-refractivity contribution in [1.29, 1.82) is 0 Å². The average Bonchev–Trinajstić information content (AvgIpc) is 2.92. The molecule has 22 heavy (non-hydrogen) atoms. The molecule has 0 saturated carbocycles. The largest absolute Gasteiger partial charge is 0.382 e. The third-order valence-electron chi connectivity index (χ3n) is 3.78. The molecule has 0 atom stereocenters. The Morgan fingerprint density at radius 3 is 2.50 bits per heavy atom. The first-order chi connectivity index (χ1) is 10.6. The van der Waals surface area contributed by atoms with Crippen molar-refractivity contribution in [1.82, 2.24) is 29.5 Å². The summed E-state index contributed by atoms with van der Waals surface area (Å²) in [5, 5.41) is 0. The van der Waals surface area contributed by atoms with Gasteiger partial charge in [0.15, 0.2) is 5.65 Å². The highest BCUT2D eigenvalue weighted by atomic mass is 15.1. The molecule has 0 aliphatic heterocycles. The summed E-state index contributed by atoms with van der Waals surface area (Å²) in [6, 6.07) is 0.379. The first kappa shape index (κ1) is 14.4. The lowest BCUT2D eigenvalue weighted by atomic mass is 10.1. The van der Waals surface area contributed by atoms with Gasteiger partial charge in [0.1, 0.15) is 28.5 Å². The number of aryl methyl sites for hydroxylation is 1. The molecule has 0 radical (unpaired) electrons. The Morgan fingerprint density at radius 1 is 1.09 bits per heavy atom. The number of fused-ring (bicyclic) bond motifs is 1. The van der Waals surface area contributed by atoms with Crippen LogP contribution in [-0.2, 0) is 0 Å². The molecule has 2 N–H and O–H groups in total. The van der Waals surface area contributed by atoms with E-state index in [0.717, 1.165) is 24.0 Å². The van der Waals surface area contributed by atoms with Crippen LogP contribution in [0.3, 0.4) is 0 Å². The maximum absolute atomic E-state index is 5.60. The Balaban J connectivity index is 2.22. The van der Waals surface area contributed by atoms with Gasteiger partial charge in [0.05, 0.1) is 18.7 Å². The zero-order valence-corrected chi connectivity index (χ0v) is 13.0. The van der Waals surface area contributed by atoms with E-state index in [-0.39, 0.29) is 0 Å². The van der Waals surface area contributed by atoms with E-state index < -0.39 is 0 Å². The Kier molecular flexibility index (Phi) is 3.70. The number of nitrogen functional groups attached to an aromatic ring is 1. The molecular weight excluding hydrogens is 278 g/mol. The van der Waals surface area contributed by atoms with Gasteiger partial charge in [-0.2, -0.15) is 0 Å². The summed E-state index contributed by atoms with van der Waals surface area (Å²) in [6.07, 6.45) is 7.04. The van der Waals surface area contributed by atoms with E-state index in [0.29, 0.717) is 29.1 Å². The van der Waals surface area contributed by atoms with Gasteiger partial charge in [0, 0.05) is 6.04 Å². The molecular formula is C15H19N7. The van der Waals surface area contributed by atoms with Gasteiger partial charge in [0.2, 0.25) is 0 Å². The van der Waals surface area contributed by atoms with Crippen LogP contribution in [0, 0.1) is 6.92 Å². The van der Waals surface area contributed by atoms with Crippen LogP contribution in [-0.4, -0.2) is 29.5 Å². The number of hydrogen-bond donors (Lipinski definition) is 1. The third-order valence-corrected chi connectivity index (χ3v) is 3.78. The van der Waals surface area contributed by atoms with Gasteiger partial charge in [-0.3, -0.25) is 0 Å². The summed E-state index contributed by atoms with van der Waals surface area (Å²) in [7, 11) is 0. The van der Waals surface area contributed by atoms with Crippen LogP contribution in [0.5, 0.6) is 0 Å². The molecule has 0 amide bonds. The summed E-state index contributed by atoms with van der Waals surface area (Å²) in [6.45, 7) is 6.21. The number of nitrogens with two attached hydrogens (primary N) is 1. The van der Waals surface area contributed by atoms with Crippen LogP contribution in [0.1, 0.15) is 38.6 Å². The van der Waals surface area contributed by atoms with Crippen molar-refractivity contribution < 1.29 is 0 Å². The summed E-state index contributed by atoms with van der Waals surface area (Å²) in [5.74, 6) is 1.07. The Bertz CT molecular complexity index is 788. The van der Waals surface area contributed by atoms with Gasteiger partial charge in [-0.15, -0.1) is 0 Å². The Morgan fingerprint density at radius 2 is 1.86 bits per heavy atom. The molecule has 114 valence electrons. The highest BCUT2D eigenvalue weighted by Crippen LogP contribution is 2.27. The number of imidazole rings is 1. The van der Waals surface area contributed by atoms with Crippen LogP contribution in [0.15, 0.2) is 18.7 Å². The van der Waals surface area contributed by atoms with E-state index in [4.69, 9.17) is 5.73 Å². The molecule has 3 aromatic heterocycles. The highest BCUT2D eigenvalue weighted by molar-refractivity contribution is 5.86. The number of rotatable bonds is 4. The van der Waals surface area contributed by atoms with Gasteiger partial charge in [-0.05, 0) is 19.8 Å². The quantitative estimate of drug-likeness (QED) is 0.795. The predicted molar refractivity (Wildman–Crippen MR) is 85.1 cm³/mol. The molecule has 0 saturated heterocycles. The standard InChI is InChI=1S/C15H19N7/c1-4-10(5-2)22-8-19-14-13(20-9(3)21-15(14)22)11-6-18-12(16)7-17-11/h6-8,10H,4-5H2,1-3H3,(H2,16,18). The Hall–Kier alpha value is -2.57. The number of anilines is 1. The van der Waals surface area contributed by atoms with E-state index in [9.17, 15) is 0 Å². The molecule has 0 fully saturated rings.